The lowest BCUT2D eigenvalue weighted by atomic mass is 9.78. The molecule has 2 N–H and O–H groups in total. The molecule has 19 heavy (non-hydrogen) atoms. The first-order valence-electron chi connectivity index (χ1n) is 6.71. The fourth-order valence-corrected chi connectivity index (χ4v) is 4.62. The molecule has 1 rings (SSSR count). The second kappa shape index (κ2) is 5.40. The Hall–Kier alpha value is -0.620. The van der Waals surface area contributed by atoms with Crippen molar-refractivity contribution in [3.63, 3.8) is 0 Å². The molecule has 0 spiro atoms. The maximum absolute atomic E-state index is 12.1. The van der Waals surface area contributed by atoms with Gasteiger partial charge in [0.15, 0.2) is 0 Å². The monoisotopic (exact) mass is 291 g/mol. The van der Waals surface area contributed by atoms with E-state index in [1.807, 2.05) is 20.8 Å². The predicted molar refractivity (Wildman–Crippen MR) is 74.4 cm³/mol. The molecule has 5 nitrogen and oxygen atoms in total. The average Bonchev–Trinajstić information content (AvgIpc) is 2.17. The highest BCUT2D eigenvalue weighted by Crippen LogP contribution is 2.33. The Morgan fingerprint density at radius 2 is 1.79 bits per heavy atom. The van der Waals surface area contributed by atoms with Gasteiger partial charge in [-0.25, -0.2) is 8.42 Å². The van der Waals surface area contributed by atoms with E-state index in [-0.39, 0.29) is 5.75 Å². The molecule has 0 aromatic carbocycles. The first-order valence-corrected chi connectivity index (χ1v) is 8.36. The number of aliphatic carboxylic acids is 1. The number of rotatable bonds is 4. The molecule has 0 unspecified atom stereocenters. The molecule has 1 fully saturated rings. The Morgan fingerprint density at radius 1 is 1.32 bits per heavy atom. The van der Waals surface area contributed by atoms with E-state index in [1.165, 1.54) is 0 Å². The molecule has 0 heterocycles. The van der Waals surface area contributed by atoms with Crippen molar-refractivity contribution in [1.29, 1.82) is 0 Å². The molecule has 0 aromatic heterocycles. The van der Waals surface area contributed by atoms with Crippen molar-refractivity contribution in [2.24, 2.45) is 11.3 Å². The van der Waals surface area contributed by atoms with Crippen molar-refractivity contribution in [2.75, 3.05) is 5.75 Å². The zero-order valence-electron chi connectivity index (χ0n) is 12.2. The van der Waals surface area contributed by atoms with Gasteiger partial charge in [-0.3, -0.25) is 4.79 Å². The molecule has 6 heteroatoms. The quantitative estimate of drug-likeness (QED) is 0.829. The van der Waals surface area contributed by atoms with Gasteiger partial charge < -0.3 is 5.11 Å². The summed E-state index contributed by atoms with van der Waals surface area (Å²) in [6.45, 7) is 7.53. The molecule has 1 aliphatic rings. The normalized spacial score (nSPS) is 29.2. The highest BCUT2D eigenvalue weighted by atomic mass is 32.2. The van der Waals surface area contributed by atoms with Crippen LogP contribution in [0.3, 0.4) is 0 Å². The van der Waals surface area contributed by atoms with Crippen molar-refractivity contribution in [2.45, 2.75) is 58.9 Å². The van der Waals surface area contributed by atoms with E-state index in [2.05, 4.69) is 11.6 Å². The molecule has 0 bridgehead atoms. The van der Waals surface area contributed by atoms with Gasteiger partial charge in [-0.1, -0.05) is 27.7 Å². The van der Waals surface area contributed by atoms with Crippen LogP contribution in [-0.4, -0.2) is 30.8 Å². The van der Waals surface area contributed by atoms with E-state index < -0.39 is 26.9 Å². The van der Waals surface area contributed by atoms with E-state index in [0.29, 0.717) is 18.8 Å². The van der Waals surface area contributed by atoms with Crippen LogP contribution < -0.4 is 4.72 Å². The van der Waals surface area contributed by atoms with Crippen molar-refractivity contribution in [3.8, 4) is 0 Å². The Balaban J connectivity index is 2.89. The van der Waals surface area contributed by atoms with Gasteiger partial charge in [0.2, 0.25) is 10.0 Å². The number of carboxylic acid groups (broad SMARTS) is 1. The number of nitrogens with one attached hydrogen (secondary N) is 1. The standard InChI is InChI=1S/C13H25NO4S/c1-10-5-7-13(8-6-10,11(15)16)14-19(17,18)9-12(2,3)4/h10,14H,5-9H2,1-4H3,(H,15,16). The summed E-state index contributed by atoms with van der Waals surface area (Å²) in [6.07, 6.45) is 2.22. The summed E-state index contributed by atoms with van der Waals surface area (Å²) in [5.41, 5.74) is -1.70. The summed E-state index contributed by atoms with van der Waals surface area (Å²) in [6, 6.07) is 0. The molecule has 1 saturated carbocycles. The lowest BCUT2D eigenvalue weighted by Crippen LogP contribution is -2.57. The molecule has 0 amide bonds. The third-order valence-electron chi connectivity index (χ3n) is 3.51. The number of carboxylic acids is 1. The van der Waals surface area contributed by atoms with Crippen LogP contribution in [0.15, 0.2) is 0 Å². The van der Waals surface area contributed by atoms with Gasteiger partial charge in [-0.2, -0.15) is 4.72 Å². The Morgan fingerprint density at radius 3 is 2.16 bits per heavy atom. The van der Waals surface area contributed by atoms with Crippen LogP contribution in [0.5, 0.6) is 0 Å². The Bertz CT molecular complexity index is 428. The van der Waals surface area contributed by atoms with Crippen molar-refractivity contribution < 1.29 is 18.3 Å². The van der Waals surface area contributed by atoms with Gasteiger partial charge in [-0.05, 0) is 37.0 Å². The highest BCUT2D eigenvalue weighted by molar-refractivity contribution is 7.89. The first kappa shape index (κ1) is 16.4. The highest BCUT2D eigenvalue weighted by Gasteiger charge is 2.44. The number of sulfonamides is 1. The van der Waals surface area contributed by atoms with Crippen LogP contribution in [0, 0.1) is 11.3 Å². The van der Waals surface area contributed by atoms with E-state index in [9.17, 15) is 18.3 Å². The van der Waals surface area contributed by atoms with Crippen LogP contribution in [-0.2, 0) is 14.8 Å². The van der Waals surface area contributed by atoms with E-state index in [1.54, 1.807) is 0 Å². The van der Waals surface area contributed by atoms with E-state index in [0.717, 1.165) is 12.8 Å². The Kier molecular flexibility index (Phi) is 4.67. The largest absolute Gasteiger partial charge is 0.480 e. The zero-order chi connectivity index (χ0) is 14.9. The third-order valence-corrected chi connectivity index (χ3v) is 5.46. The molecular weight excluding hydrogens is 266 g/mol. The molecule has 0 aliphatic heterocycles. The molecular formula is C13H25NO4S. The lowest BCUT2D eigenvalue weighted by molar-refractivity contribution is -0.145. The number of hydrogen-bond donors (Lipinski definition) is 2. The zero-order valence-corrected chi connectivity index (χ0v) is 13.0. The molecule has 0 aromatic rings. The van der Waals surface area contributed by atoms with Gasteiger partial charge in [0.25, 0.3) is 0 Å². The van der Waals surface area contributed by atoms with Crippen LogP contribution in [0.4, 0.5) is 0 Å². The van der Waals surface area contributed by atoms with Crippen molar-refractivity contribution in [3.05, 3.63) is 0 Å². The molecule has 1 aliphatic carbocycles. The van der Waals surface area contributed by atoms with Crippen molar-refractivity contribution >= 4 is 16.0 Å². The maximum atomic E-state index is 12.1. The van der Waals surface area contributed by atoms with Gasteiger partial charge >= 0.3 is 5.97 Å². The summed E-state index contributed by atoms with van der Waals surface area (Å²) in [5, 5.41) is 9.41. The van der Waals surface area contributed by atoms with E-state index in [4.69, 9.17) is 0 Å². The smallest absolute Gasteiger partial charge is 0.324 e. The molecule has 0 radical (unpaired) electrons. The van der Waals surface area contributed by atoms with Crippen molar-refractivity contribution in [1.82, 2.24) is 4.72 Å². The number of carbonyl (C=O) groups is 1. The summed E-state index contributed by atoms with van der Waals surface area (Å²) >= 11 is 0. The topological polar surface area (TPSA) is 83.5 Å². The Labute approximate surface area is 115 Å². The predicted octanol–water partition coefficient (Wildman–Crippen LogP) is 1.99. The third kappa shape index (κ3) is 4.76. The minimum Gasteiger partial charge on any atom is -0.480 e. The lowest BCUT2D eigenvalue weighted by Gasteiger charge is -2.36. The fraction of sp³-hybridized carbons (Fsp3) is 0.923. The molecule has 0 saturated heterocycles. The van der Waals surface area contributed by atoms with Gasteiger partial charge in [0, 0.05) is 0 Å². The summed E-state index contributed by atoms with van der Waals surface area (Å²) < 4.78 is 26.7. The van der Waals surface area contributed by atoms with Gasteiger partial charge in [0.05, 0.1) is 5.75 Å². The van der Waals surface area contributed by atoms with Crippen LogP contribution in [0.2, 0.25) is 0 Å². The van der Waals surface area contributed by atoms with Gasteiger partial charge in [-0.15, -0.1) is 0 Å². The second-order valence-corrected chi connectivity index (χ2v) is 8.71. The van der Waals surface area contributed by atoms with Crippen LogP contribution >= 0.6 is 0 Å². The van der Waals surface area contributed by atoms with Gasteiger partial charge in [0.1, 0.15) is 5.54 Å². The van der Waals surface area contributed by atoms with Crippen LogP contribution in [0.25, 0.3) is 0 Å². The fourth-order valence-electron chi connectivity index (χ4n) is 2.52. The summed E-state index contributed by atoms with van der Waals surface area (Å²) in [7, 11) is -3.59. The SMILES string of the molecule is CC1CCC(NS(=O)(=O)CC(C)(C)C)(C(=O)O)CC1. The number of hydrogen-bond acceptors (Lipinski definition) is 3. The minimum absolute atomic E-state index is 0.0649. The minimum atomic E-state index is -3.59. The van der Waals surface area contributed by atoms with E-state index >= 15 is 0 Å². The molecule has 112 valence electrons. The average molecular weight is 291 g/mol. The second-order valence-electron chi connectivity index (χ2n) is 6.99. The summed E-state index contributed by atoms with van der Waals surface area (Å²) in [5.74, 6) is -0.665. The molecule has 0 atom stereocenters. The maximum Gasteiger partial charge on any atom is 0.324 e. The first-order chi connectivity index (χ1) is 8.46. The van der Waals surface area contributed by atoms with Crippen LogP contribution in [0.1, 0.15) is 53.4 Å². The summed E-state index contributed by atoms with van der Waals surface area (Å²) in [4.78, 5) is 11.5.